The van der Waals surface area contributed by atoms with Gasteiger partial charge in [0.15, 0.2) is 0 Å². The van der Waals surface area contributed by atoms with E-state index in [4.69, 9.17) is 5.11 Å². The number of rotatable bonds is 9. The predicted octanol–water partition coefficient (Wildman–Crippen LogP) is -0.247. The van der Waals surface area contributed by atoms with Gasteiger partial charge in [-0.3, -0.25) is 4.79 Å². The molecule has 0 fully saturated rings. The van der Waals surface area contributed by atoms with E-state index in [1.165, 1.54) is 0 Å². The molecule has 0 heterocycles. The lowest BCUT2D eigenvalue weighted by Gasteiger charge is -2.11. The Kier molecular flexibility index (Phi) is 8.27. The van der Waals surface area contributed by atoms with E-state index in [1.807, 2.05) is 14.1 Å². The Hall–Kier alpha value is -0.650. The number of nitrogens with one attached hydrogen (secondary N) is 1. The van der Waals surface area contributed by atoms with Crippen LogP contribution in [0, 0.1) is 0 Å². The molecule has 0 aromatic heterocycles. The highest BCUT2D eigenvalue weighted by atomic mass is 16.4. The first-order valence-corrected chi connectivity index (χ1v) is 5.27. The largest absolute Gasteiger partial charge is 0.481 e. The van der Waals surface area contributed by atoms with Crippen LogP contribution < -0.4 is 5.32 Å². The highest BCUT2D eigenvalue weighted by Crippen LogP contribution is 1.91. The van der Waals surface area contributed by atoms with Crippen LogP contribution in [0.4, 0.5) is 0 Å². The Labute approximate surface area is 91.1 Å². The van der Waals surface area contributed by atoms with Crippen LogP contribution in [0.5, 0.6) is 0 Å². The molecule has 1 unspecified atom stereocenters. The summed E-state index contributed by atoms with van der Waals surface area (Å²) in [5.74, 6) is -0.961. The fourth-order valence-electron chi connectivity index (χ4n) is 1.22. The molecule has 0 bridgehead atoms. The van der Waals surface area contributed by atoms with Crippen molar-refractivity contribution in [1.29, 1.82) is 0 Å². The lowest BCUT2D eigenvalue weighted by Crippen LogP contribution is -2.29. The van der Waals surface area contributed by atoms with Gasteiger partial charge in [-0.2, -0.15) is 0 Å². The van der Waals surface area contributed by atoms with Gasteiger partial charge in [-0.1, -0.05) is 0 Å². The Morgan fingerprint density at radius 1 is 1.40 bits per heavy atom. The molecule has 90 valence electrons. The van der Waals surface area contributed by atoms with Crippen molar-refractivity contribution in [2.24, 2.45) is 0 Å². The number of aliphatic carboxylic acids is 1. The molecule has 0 aliphatic rings. The number of aliphatic hydroxyl groups excluding tert-OH is 1. The van der Waals surface area contributed by atoms with Crippen molar-refractivity contribution in [1.82, 2.24) is 10.2 Å². The van der Waals surface area contributed by atoms with E-state index in [0.29, 0.717) is 6.54 Å². The van der Waals surface area contributed by atoms with Crippen LogP contribution in [0.3, 0.4) is 0 Å². The molecule has 3 N–H and O–H groups in total. The van der Waals surface area contributed by atoms with E-state index in [9.17, 15) is 9.90 Å². The van der Waals surface area contributed by atoms with E-state index in [0.717, 1.165) is 25.9 Å². The maximum atomic E-state index is 10.2. The first kappa shape index (κ1) is 14.3. The number of unbranched alkanes of at least 4 members (excludes halogenated alkanes) is 1. The van der Waals surface area contributed by atoms with Crippen molar-refractivity contribution in [3.8, 4) is 0 Å². The molecule has 0 aromatic rings. The van der Waals surface area contributed by atoms with Gasteiger partial charge in [0.25, 0.3) is 0 Å². The highest BCUT2D eigenvalue weighted by molar-refractivity contribution is 5.67. The quantitative estimate of drug-likeness (QED) is 0.466. The lowest BCUT2D eigenvalue weighted by atomic mass is 10.2. The number of hydrogen-bond donors (Lipinski definition) is 3. The summed E-state index contributed by atoms with van der Waals surface area (Å²) < 4.78 is 0. The summed E-state index contributed by atoms with van der Waals surface area (Å²) in [6.07, 6.45) is 1.17. The highest BCUT2D eigenvalue weighted by Gasteiger charge is 2.07. The first-order valence-electron chi connectivity index (χ1n) is 5.27. The minimum atomic E-state index is -0.961. The SMILES string of the molecule is CN(C)CCCCNCC(O)CC(=O)O. The van der Waals surface area contributed by atoms with Crippen molar-refractivity contribution in [3.05, 3.63) is 0 Å². The number of aliphatic hydroxyl groups is 1. The summed E-state index contributed by atoms with van der Waals surface area (Å²) in [5, 5.41) is 20.6. The molecule has 0 spiro atoms. The average molecular weight is 218 g/mol. The van der Waals surface area contributed by atoms with Crippen molar-refractivity contribution >= 4 is 5.97 Å². The molecule has 0 saturated carbocycles. The third kappa shape index (κ3) is 11.3. The topological polar surface area (TPSA) is 72.8 Å². The number of nitrogens with zero attached hydrogens (tertiary/aromatic N) is 1. The molecule has 5 nitrogen and oxygen atoms in total. The molecule has 15 heavy (non-hydrogen) atoms. The van der Waals surface area contributed by atoms with Crippen LogP contribution in [0.1, 0.15) is 19.3 Å². The number of hydrogen-bond acceptors (Lipinski definition) is 4. The molecular weight excluding hydrogens is 196 g/mol. The maximum absolute atomic E-state index is 10.2. The van der Waals surface area contributed by atoms with Crippen molar-refractivity contribution < 1.29 is 15.0 Å². The minimum absolute atomic E-state index is 0.190. The second kappa shape index (κ2) is 8.64. The smallest absolute Gasteiger partial charge is 0.306 e. The molecule has 0 aliphatic carbocycles. The first-order chi connectivity index (χ1) is 7.02. The summed E-state index contributed by atoms with van der Waals surface area (Å²) in [5.41, 5.74) is 0. The van der Waals surface area contributed by atoms with Gasteiger partial charge in [0.1, 0.15) is 0 Å². The monoisotopic (exact) mass is 218 g/mol. The Morgan fingerprint density at radius 3 is 2.60 bits per heavy atom. The Bertz CT molecular complexity index is 174. The van der Waals surface area contributed by atoms with Gasteiger partial charge in [0.05, 0.1) is 12.5 Å². The molecule has 0 rings (SSSR count). The van der Waals surface area contributed by atoms with Crippen LogP contribution in [-0.2, 0) is 4.79 Å². The summed E-state index contributed by atoms with van der Waals surface area (Å²) >= 11 is 0. The maximum Gasteiger partial charge on any atom is 0.306 e. The molecule has 5 heteroatoms. The summed E-state index contributed by atoms with van der Waals surface area (Å²) in [6, 6.07) is 0. The molecule has 0 aliphatic heterocycles. The fourth-order valence-corrected chi connectivity index (χ4v) is 1.22. The van der Waals surface area contributed by atoms with E-state index in [2.05, 4.69) is 10.2 Å². The third-order valence-electron chi connectivity index (χ3n) is 2.00. The van der Waals surface area contributed by atoms with Gasteiger partial charge in [-0.15, -0.1) is 0 Å². The van der Waals surface area contributed by atoms with E-state index >= 15 is 0 Å². The van der Waals surface area contributed by atoms with Crippen LogP contribution in [-0.4, -0.2) is 60.9 Å². The Balaban J connectivity index is 3.20. The van der Waals surface area contributed by atoms with E-state index in [-0.39, 0.29) is 6.42 Å². The Morgan fingerprint density at radius 2 is 2.07 bits per heavy atom. The third-order valence-corrected chi connectivity index (χ3v) is 2.00. The molecule has 0 amide bonds. The van der Waals surface area contributed by atoms with Crippen LogP contribution in [0.25, 0.3) is 0 Å². The summed E-state index contributed by atoms with van der Waals surface area (Å²) in [4.78, 5) is 12.4. The zero-order chi connectivity index (χ0) is 11.7. The van der Waals surface area contributed by atoms with Crippen LogP contribution in [0.15, 0.2) is 0 Å². The number of carboxylic acids is 1. The van der Waals surface area contributed by atoms with Gasteiger partial charge in [-0.05, 0) is 40.0 Å². The van der Waals surface area contributed by atoms with Gasteiger partial charge in [0.2, 0.25) is 0 Å². The minimum Gasteiger partial charge on any atom is -0.481 e. The fraction of sp³-hybridized carbons (Fsp3) is 0.900. The summed E-state index contributed by atoms with van der Waals surface area (Å²) in [6.45, 7) is 2.23. The molecular formula is C10H22N2O3. The van der Waals surface area contributed by atoms with Gasteiger partial charge in [-0.25, -0.2) is 0 Å². The van der Waals surface area contributed by atoms with Gasteiger partial charge in [0, 0.05) is 6.54 Å². The van der Waals surface area contributed by atoms with Gasteiger partial charge >= 0.3 is 5.97 Å². The van der Waals surface area contributed by atoms with Crippen molar-refractivity contribution in [2.45, 2.75) is 25.4 Å². The van der Waals surface area contributed by atoms with Crippen molar-refractivity contribution in [2.75, 3.05) is 33.7 Å². The van der Waals surface area contributed by atoms with Crippen LogP contribution >= 0.6 is 0 Å². The second-order valence-corrected chi connectivity index (χ2v) is 3.97. The molecule has 0 aromatic carbocycles. The van der Waals surface area contributed by atoms with Gasteiger partial charge < -0.3 is 20.4 Å². The van der Waals surface area contributed by atoms with E-state index < -0.39 is 12.1 Å². The lowest BCUT2D eigenvalue weighted by molar-refractivity contribution is -0.139. The normalized spacial score (nSPS) is 13.1. The number of carboxylic acid groups (broad SMARTS) is 1. The molecule has 1 atom stereocenters. The molecule has 0 saturated heterocycles. The van der Waals surface area contributed by atoms with Crippen molar-refractivity contribution in [3.63, 3.8) is 0 Å². The zero-order valence-corrected chi connectivity index (χ0v) is 9.57. The molecule has 0 radical (unpaired) electrons. The second-order valence-electron chi connectivity index (χ2n) is 3.97. The predicted molar refractivity (Wildman–Crippen MR) is 58.9 cm³/mol. The van der Waals surface area contributed by atoms with E-state index in [1.54, 1.807) is 0 Å². The van der Waals surface area contributed by atoms with Crippen LogP contribution in [0.2, 0.25) is 0 Å². The number of carbonyl (C=O) groups is 1. The zero-order valence-electron chi connectivity index (χ0n) is 9.57. The summed E-state index contributed by atoms with van der Waals surface area (Å²) in [7, 11) is 4.06. The average Bonchev–Trinajstić information content (AvgIpc) is 2.09. The standard InChI is InChI=1S/C10H22N2O3/c1-12(2)6-4-3-5-11-8-9(13)7-10(14)15/h9,11,13H,3-8H2,1-2H3,(H,14,15).